The number of benzene rings is 1. The van der Waals surface area contributed by atoms with Crippen LogP contribution in [0.2, 0.25) is 0 Å². The topological polar surface area (TPSA) is 82.8 Å². The summed E-state index contributed by atoms with van der Waals surface area (Å²) < 4.78 is 28.1. The lowest BCUT2D eigenvalue weighted by atomic mass is 9.49. The van der Waals surface area contributed by atoms with Crippen LogP contribution in [-0.4, -0.2) is 13.4 Å². The van der Waals surface area contributed by atoms with Gasteiger partial charge in [0.2, 0.25) is 0 Å². The smallest absolute Gasteiger partial charge is 0.255 e. The molecule has 140 valence electrons. The van der Waals surface area contributed by atoms with E-state index in [1.165, 1.54) is 62.0 Å². The first-order valence-corrected chi connectivity index (χ1v) is 11.8. The van der Waals surface area contributed by atoms with Crippen molar-refractivity contribution in [2.75, 3.05) is 4.72 Å². The predicted molar refractivity (Wildman–Crippen MR) is 104 cm³/mol. The Morgan fingerprint density at radius 1 is 1.11 bits per heavy atom. The molecule has 0 amide bonds. The molecule has 1 heterocycles. The molecule has 6 rings (SSSR count). The molecule has 2 aromatic rings. The maximum Gasteiger partial charge on any atom is 0.264 e. The molecule has 4 saturated carbocycles. The van der Waals surface area contributed by atoms with E-state index in [2.05, 4.69) is 4.72 Å². The van der Waals surface area contributed by atoms with E-state index in [0.717, 1.165) is 23.4 Å². The Kier molecular flexibility index (Phi) is 3.85. The molecule has 1 aromatic heterocycles. The Hall–Kier alpha value is -1.91. The highest BCUT2D eigenvalue weighted by Crippen LogP contribution is 2.60. The average molecular weight is 400 g/mol. The van der Waals surface area contributed by atoms with E-state index in [4.69, 9.17) is 4.98 Å². The highest BCUT2D eigenvalue weighted by Gasteiger charge is 2.52. The quantitative estimate of drug-likeness (QED) is 0.832. The second kappa shape index (κ2) is 6.05. The number of nitrogens with one attached hydrogen (secondary N) is 1. The van der Waals surface area contributed by atoms with E-state index in [-0.39, 0.29) is 15.9 Å². The minimum Gasteiger partial charge on any atom is -0.255 e. The number of aromatic nitrogens is 1. The number of nitriles is 1. The summed E-state index contributed by atoms with van der Waals surface area (Å²) >= 11 is 1.35. The van der Waals surface area contributed by atoms with E-state index in [0.29, 0.717) is 5.13 Å². The van der Waals surface area contributed by atoms with Crippen molar-refractivity contribution >= 4 is 26.5 Å². The molecule has 1 aromatic carbocycles. The number of hydrogen-bond donors (Lipinski definition) is 1. The molecule has 0 unspecified atom stereocenters. The van der Waals surface area contributed by atoms with Gasteiger partial charge in [-0.25, -0.2) is 13.4 Å². The van der Waals surface area contributed by atoms with Gasteiger partial charge in [-0.15, -0.1) is 11.3 Å². The number of anilines is 1. The zero-order chi connectivity index (χ0) is 18.6. The molecule has 0 atom stereocenters. The molecule has 0 radical (unpaired) electrons. The fourth-order valence-electron chi connectivity index (χ4n) is 5.95. The first-order valence-electron chi connectivity index (χ1n) is 9.45. The number of nitrogens with zero attached hydrogens (tertiary/aromatic N) is 2. The molecule has 0 spiro atoms. The van der Waals surface area contributed by atoms with Gasteiger partial charge in [-0.1, -0.05) is 12.1 Å². The number of sulfonamides is 1. The Morgan fingerprint density at radius 2 is 1.74 bits per heavy atom. The third kappa shape index (κ3) is 2.86. The number of thiazole rings is 1. The van der Waals surface area contributed by atoms with Gasteiger partial charge in [-0.05, 0) is 68.4 Å². The summed E-state index contributed by atoms with van der Waals surface area (Å²) in [6.07, 6.45) is 7.71. The van der Waals surface area contributed by atoms with E-state index in [1.54, 1.807) is 12.1 Å². The summed E-state index contributed by atoms with van der Waals surface area (Å²) in [5.74, 6) is 2.46. The van der Waals surface area contributed by atoms with Crippen molar-refractivity contribution < 1.29 is 8.42 Å². The second-order valence-electron chi connectivity index (χ2n) is 8.45. The molecular weight excluding hydrogens is 378 g/mol. The van der Waals surface area contributed by atoms with Crippen LogP contribution in [0, 0.1) is 29.1 Å². The van der Waals surface area contributed by atoms with Crippen LogP contribution in [0.5, 0.6) is 0 Å². The fraction of sp³-hybridized carbons (Fsp3) is 0.500. The van der Waals surface area contributed by atoms with Crippen LogP contribution in [0.25, 0.3) is 0 Å². The molecule has 4 aliphatic rings. The van der Waals surface area contributed by atoms with Gasteiger partial charge in [0.05, 0.1) is 11.3 Å². The van der Waals surface area contributed by atoms with Crippen LogP contribution in [0.4, 0.5) is 5.13 Å². The van der Waals surface area contributed by atoms with Gasteiger partial charge in [0.15, 0.2) is 5.13 Å². The first kappa shape index (κ1) is 17.2. The first-order chi connectivity index (χ1) is 13.0. The highest BCUT2D eigenvalue weighted by atomic mass is 32.2. The predicted octanol–water partition coefficient (Wildman–Crippen LogP) is 4.28. The Bertz CT molecular complexity index is 1000. The van der Waals surface area contributed by atoms with Gasteiger partial charge in [0.25, 0.3) is 10.0 Å². The summed E-state index contributed by atoms with van der Waals surface area (Å²) in [5.41, 5.74) is 1.36. The average Bonchev–Trinajstić information content (AvgIpc) is 3.09. The van der Waals surface area contributed by atoms with Gasteiger partial charge in [0, 0.05) is 10.8 Å². The van der Waals surface area contributed by atoms with Crippen molar-refractivity contribution in [1.82, 2.24) is 4.98 Å². The lowest BCUT2D eigenvalue weighted by Crippen LogP contribution is -2.48. The Labute approximate surface area is 163 Å². The number of hydrogen-bond acceptors (Lipinski definition) is 5. The minimum absolute atomic E-state index is 0.000875. The molecule has 4 aliphatic carbocycles. The van der Waals surface area contributed by atoms with Crippen molar-refractivity contribution in [1.29, 1.82) is 5.26 Å². The zero-order valence-corrected chi connectivity index (χ0v) is 16.5. The molecule has 5 nitrogen and oxygen atoms in total. The summed E-state index contributed by atoms with van der Waals surface area (Å²) in [7, 11) is -3.82. The summed E-state index contributed by atoms with van der Waals surface area (Å²) in [4.78, 5) is 4.71. The van der Waals surface area contributed by atoms with Gasteiger partial charge in [0.1, 0.15) is 11.0 Å². The summed E-state index contributed by atoms with van der Waals surface area (Å²) in [6, 6.07) is 8.19. The molecule has 4 bridgehead atoms. The van der Waals surface area contributed by atoms with Crippen LogP contribution in [0.1, 0.15) is 49.8 Å². The van der Waals surface area contributed by atoms with Crippen molar-refractivity contribution in [2.24, 2.45) is 17.8 Å². The fourth-order valence-corrected chi connectivity index (χ4v) is 8.20. The molecule has 0 saturated heterocycles. The normalized spacial score (nSPS) is 31.6. The van der Waals surface area contributed by atoms with Crippen LogP contribution < -0.4 is 4.72 Å². The lowest BCUT2D eigenvalue weighted by Gasteiger charge is -2.56. The van der Waals surface area contributed by atoms with Gasteiger partial charge < -0.3 is 0 Å². The molecule has 1 N–H and O–H groups in total. The van der Waals surface area contributed by atoms with E-state index < -0.39 is 10.0 Å². The monoisotopic (exact) mass is 399 g/mol. The van der Waals surface area contributed by atoms with Crippen LogP contribution in [0.3, 0.4) is 0 Å². The second-order valence-corrected chi connectivity index (χ2v) is 11.0. The van der Waals surface area contributed by atoms with Gasteiger partial charge >= 0.3 is 0 Å². The van der Waals surface area contributed by atoms with Gasteiger partial charge in [-0.3, -0.25) is 4.72 Å². The lowest BCUT2D eigenvalue weighted by molar-refractivity contribution is -0.00688. The Balaban J connectivity index is 1.43. The molecule has 0 aliphatic heterocycles. The summed E-state index contributed by atoms with van der Waals surface area (Å²) in [5, 5.41) is 11.6. The largest absolute Gasteiger partial charge is 0.264 e. The highest BCUT2D eigenvalue weighted by molar-refractivity contribution is 7.93. The minimum atomic E-state index is -3.82. The van der Waals surface area contributed by atoms with Crippen molar-refractivity contribution in [3.05, 3.63) is 40.9 Å². The number of rotatable bonds is 4. The third-order valence-electron chi connectivity index (χ3n) is 6.60. The SMILES string of the molecule is N#Cc1ccccc1S(=O)(=O)Nc1nc(C23CC4CC(CC(C4)C2)C3)cs1. The van der Waals surface area contributed by atoms with Crippen molar-refractivity contribution in [3.63, 3.8) is 0 Å². The molecule has 27 heavy (non-hydrogen) atoms. The third-order valence-corrected chi connectivity index (χ3v) is 8.89. The maximum atomic E-state index is 12.7. The van der Waals surface area contributed by atoms with Crippen LogP contribution >= 0.6 is 11.3 Å². The maximum absolute atomic E-state index is 12.7. The van der Waals surface area contributed by atoms with Crippen LogP contribution in [-0.2, 0) is 15.4 Å². The zero-order valence-electron chi connectivity index (χ0n) is 14.9. The molecule has 7 heteroatoms. The molecular formula is C20H21N3O2S2. The van der Waals surface area contributed by atoms with Crippen LogP contribution in [0.15, 0.2) is 34.5 Å². The summed E-state index contributed by atoms with van der Waals surface area (Å²) in [6.45, 7) is 0. The van der Waals surface area contributed by atoms with Gasteiger partial charge in [-0.2, -0.15) is 5.26 Å². The van der Waals surface area contributed by atoms with E-state index >= 15 is 0 Å². The standard InChI is InChI=1S/C20H21N3O2S2/c21-11-16-3-1-2-4-17(16)27(24,25)23-19-22-18(12-26-19)20-8-13-5-14(9-20)7-15(6-13)10-20/h1-4,12-15H,5-10H2,(H,22,23). The van der Waals surface area contributed by atoms with E-state index in [9.17, 15) is 13.7 Å². The van der Waals surface area contributed by atoms with E-state index in [1.807, 2.05) is 11.4 Å². The Morgan fingerprint density at radius 3 is 2.37 bits per heavy atom. The molecule has 4 fully saturated rings. The van der Waals surface area contributed by atoms with Crippen molar-refractivity contribution in [3.8, 4) is 6.07 Å². The van der Waals surface area contributed by atoms with Crippen molar-refractivity contribution in [2.45, 2.75) is 48.8 Å².